The molecule has 1 aliphatic rings. The summed E-state index contributed by atoms with van der Waals surface area (Å²) in [4.78, 5) is 62.7. The Morgan fingerprint density at radius 3 is 2.24 bits per heavy atom. The SMILES string of the molecule is CC(C(N)=O)C(NC(Cc1ccc2c(c1)OCO2)C(=O)O)[C@H](N)C(=O)OC(=O)COc1ccc(OCN(C(N)=O)c2ccccc2CO)cc1. The maximum atomic E-state index is 12.9. The molecule has 3 aromatic rings. The topological polar surface area (TPSA) is 265 Å². The number of aliphatic hydroxyl groups is 1. The standard InChI is InChI=1S/C33H37N5O12/c1-18(30(35)41)29(37-23(31(42)43)12-19-6-11-25-26(13-19)49-17-48-25)28(34)32(44)50-27(40)15-46-21-7-9-22(10-8-21)47-16-38(33(36)45)24-5-3-2-4-20(24)14-39/h2-11,13,18,23,28-29,37,39H,12,14-17,34H2,1H3,(H2,35,41)(H2,36,45)(H,42,43)/t18?,23?,28-,29?/m0/s1. The van der Waals surface area contributed by atoms with E-state index in [2.05, 4.69) is 5.32 Å². The summed E-state index contributed by atoms with van der Waals surface area (Å²) in [6, 6.07) is 12.2. The highest BCUT2D eigenvalue weighted by Crippen LogP contribution is 2.33. The number of anilines is 1. The number of primary amides is 2. The number of carbonyl (C=O) groups is 5. The van der Waals surface area contributed by atoms with Gasteiger partial charge in [0.25, 0.3) is 0 Å². The quantitative estimate of drug-likeness (QED) is 0.0634. The van der Waals surface area contributed by atoms with E-state index in [0.29, 0.717) is 34.1 Å². The number of carboxylic acid groups (broad SMARTS) is 1. The first-order valence-corrected chi connectivity index (χ1v) is 15.2. The van der Waals surface area contributed by atoms with Crippen molar-refractivity contribution in [1.29, 1.82) is 0 Å². The van der Waals surface area contributed by atoms with Crippen LogP contribution in [0.2, 0.25) is 0 Å². The summed E-state index contributed by atoms with van der Waals surface area (Å²) < 4.78 is 26.5. The Balaban J connectivity index is 1.32. The average molecular weight is 696 g/mol. The molecule has 50 heavy (non-hydrogen) atoms. The molecule has 0 saturated carbocycles. The first-order chi connectivity index (χ1) is 23.9. The van der Waals surface area contributed by atoms with E-state index in [4.69, 9.17) is 40.9 Å². The number of benzene rings is 3. The maximum absolute atomic E-state index is 12.9. The molecule has 0 aromatic heterocycles. The van der Waals surface area contributed by atoms with Crippen LogP contribution < -0.4 is 46.4 Å². The first-order valence-electron chi connectivity index (χ1n) is 15.2. The summed E-state index contributed by atoms with van der Waals surface area (Å²) in [6.45, 7) is 0.0882. The number of urea groups is 1. The molecule has 1 aliphatic heterocycles. The Bertz CT molecular complexity index is 1700. The van der Waals surface area contributed by atoms with Crippen LogP contribution in [0.4, 0.5) is 10.5 Å². The molecule has 1 heterocycles. The number of amides is 3. The Labute approximate surface area is 285 Å². The van der Waals surface area contributed by atoms with Crippen LogP contribution in [0.25, 0.3) is 0 Å². The van der Waals surface area contributed by atoms with Crippen LogP contribution in [-0.2, 0) is 36.9 Å². The number of carboxylic acids is 1. The van der Waals surface area contributed by atoms with Gasteiger partial charge in [-0.3, -0.25) is 19.8 Å². The number of nitrogens with zero attached hydrogens (tertiary/aromatic N) is 1. The van der Waals surface area contributed by atoms with E-state index in [1.54, 1.807) is 42.5 Å². The van der Waals surface area contributed by atoms with Gasteiger partial charge in [-0.15, -0.1) is 0 Å². The van der Waals surface area contributed by atoms with E-state index >= 15 is 0 Å². The molecular formula is C33H37N5O12. The van der Waals surface area contributed by atoms with E-state index in [-0.39, 0.29) is 32.3 Å². The summed E-state index contributed by atoms with van der Waals surface area (Å²) in [6.07, 6.45) is -0.0899. The van der Waals surface area contributed by atoms with E-state index in [1.807, 2.05) is 0 Å². The van der Waals surface area contributed by atoms with Gasteiger partial charge in [-0.25, -0.2) is 14.4 Å². The minimum Gasteiger partial charge on any atom is -0.482 e. The molecule has 9 N–H and O–H groups in total. The predicted octanol–water partition coefficient (Wildman–Crippen LogP) is 0.381. The highest BCUT2D eigenvalue weighted by Gasteiger charge is 2.37. The summed E-state index contributed by atoms with van der Waals surface area (Å²) in [7, 11) is 0. The minimum atomic E-state index is -1.68. The van der Waals surface area contributed by atoms with Crippen molar-refractivity contribution in [3.8, 4) is 23.0 Å². The van der Waals surface area contributed by atoms with Crippen LogP contribution in [0.1, 0.15) is 18.1 Å². The fourth-order valence-corrected chi connectivity index (χ4v) is 4.92. The van der Waals surface area contributed by atoms with Crippen molar-refractivity contribution in [3.63, 3.8) is 0 Å². The lowest BCUT2D eigenvalue weighted by molar-refractivity contribution is -0.163. The Morgan fingerprint density at radius 1 is 0.940 bits per heavy atom. The van der Waals surface area contributed by atoms with Crippen LogP contribution in [0.3, 0.4) is 0 Å². The van der Waals surface area contributed by atoms with E-state index in [9.17, 15) is 34.2 Å². The number of ether oxygens (including phenoxy) is 5. The van der Waals surface area contributed by atoms with Crippen LogP contribution in [0, 0.1) is 5.92 Å². The van der Waals surface area contributed by atoms with Crippen molar-refractivity contribution in [2.24, 2.45) is 23.1 Å². The van der Waals surface area contributed by atoms with Crippen molar-refractivity contribution in [2.45, 2.75) is 38.1 Å². The molecule has 4 atom stereocenters. The molecule has 0 bridgehead atoms. The van der Waals surface area contributed by atoms with E-state index in [0.717, 1.165) is 4.90 Å². The predicted molar refractivity (Wildman–Crippen MR) is 174 cm³/mol. The lowest BCUT2D eigenvalue weighted by Crippen LogP contribution is -2.60. The number of hydrogen-bond acceptors (Lipinski definition) is 13. The number of fused-ring (bicyclic) bond motifs is 1. The van der Waals surface area contributed by atoms with Crippen molar-refractivity contribution in [1.82, 2.24) is 5.32 Å². The zero-order chi connectivity index (χ0) is 36.4. The molecule has 0 radical (unpaired) electrons. The fraction of sp³-hybridized carbons (Fsp3) is 0.303. The molecule has 0 aliphatic carbocycles. The molecule has 17 heteroatoms. The number of hydrogen-bond donors (Lipinski definition) is 6. The van der Waals surface area contributed by atoms with Crippen LogP contribution in [-0.4, -0.2) is 78.3 Å². The third kappa shape index (κ3) is 9.59. The number of carbonyl (C=O) groups excluding carboxylic acids is 4. The lowest BCUT2D eigenvalue weighted by atomic mass is 9.92. The Hall–Kier alpha value is -5.91. The molecule has 0 spiro atoms. The summed E-state index contributed by atoms with van der Waals surface area (Å²) in [5.74, 6) is -4.25. The van der Waals surface area contributed by atoms with Gasteiger partial charge in [0.15, 0.2) is 24.8 Å². The van der Waals surface area contributed by atoms with Crippen molar-refractivity contribution in [3.05, 3.63) is 77.9 Å². The van der Waals surface area contributed by atoms with Crippen molar-refractivity contribution >= 4 is 35.5 Å². The van der Waals surface area contributed by atoms with Gasteiger partial charge in [-0.2, -0.15) is 0 Å². The van der Waals surface area contributed by atoms with Crippen molar-refractivity contribution < 1.29 is 57.9 Å². The molecule has 3 amide bonds. The van der Waals surface area contributed by atoms with E-state index in [1.165, 1.54) is 31.2 Å². The number of aliphatic carboxylic acids is 1. The smallest absolute Gasteiger partial charge is 0.351 e. The normalized spacial score (nSPS) is 14.1. The lowest BCUT2D eigenvalue weighted by Gasteiger charge is -2.30. The zero-order valence-corrected chi connectivity index (χ0v) is 26.9. The zero-order valence-electron chi connectivity index (χ0n) is 26.9. The second-order valence-electron chi connectivity index (χ2n) is 11.1. The molecule has 266 valence electrons. The highest BCUT2D eigenvalue weighted by atomic mass is 16.7. The highest BCUT2D eigenvalue weighted by molar-refractivity contribution is 5.91. The second-order valence-corrected chi connectivity index (χ2v) is 11.1. The van der Waals surface area contributed by atoms with Crippen LogP contribution >= 0.6 is 0 Å². The third-order valence-electron chi connectivity index (χ3n) is 7.69. The van der Waals surface area contributed by atoms with Gasteiger partial charge in [0.1, 0.15) is 23.6 Å². The number of nitrogens with one attached hydrogen (secondary N) is 1. The molecule has 0 fully saturated rings. The van der Waals surface area contributed by atoms with Gasteiger partial charge in [0, 0.05) is 11.6 Å². The largest absolute Gasteiger partial charge is 0.482 e. The summed E-state index contributed by atoms with van der Waals surface area (Å²) in [5, 5.41) is 22.2. The van der Waals surface area contributed by atoms with Crippen molar-refractivity contribution in [2.75, 3.05) is 25.0 Å². The van der Waals surface area contributed by atoms with Gasteiger partial charge in [0.2, 0.25) is 12.7 Å². The molecule has 0 saturated heterocycles. The summed E-state index contributed by atoms with van der Waals surface area (Å²) >= 11 is 0. The van der Waals surface area contributed by atoms with Gasteiger partial charge in [-0.1, -0.05) is 31.2 Å². The molecular weight excluding hydrogens is 658 g/mol. The van der Waals surface area contributed by atoms with Crippen LogP contribution in [0.5, 0.6) is 23.0 Å². The second kappa shape index (κ2) is 17.0. The Kier molecular flexibility index (Phi) is 12.5. The Morgan fingerprint density at radius 2 is 1.60 bits per heavy atom. The molecule has 17 nitrogen and oxygen atoms in total. The maximum Gasteiger partial charge on any atom is 0.351 e. The molecule has 3 unspecified atom stereocenters. The van der Waals surface area contributed by atoms with Gasteiger partial charge < -0.3 is 51.1 Å². The van der Waals surface area contributed by atoms with Gasteiger partial charge in [-0.05, 0) is 54.4 Å². The van der Waals surface area contributed by atoms with Crippen LogP contribution in [0.15, 0.2) is 66.7 Å². The van der Waals surface area contributed by atoms with E-state index < -0.39 is 60.5 Å². The monoisotopic (exact) mass is 695 g/mol. The third-order valence-corrected chi connectivity index (χ3v) is 7.69. The number of aliphatic hydroxyl groups excluding tert-OH is 1. The fourth-order valence-electron chi connectivity index (χ4n) is 4.92. The first kappa shape index (κ1) is 36.9. The van der Waals surface area contributed by atoms with Gasteiger partial charge >= 0.3 is 23.9 Å². The summed E-state index contributed by atoms with van der Waals surface area (Å²) in [5.41, 5.74) is 18.4. The minimum absolute atomic E-state index is 0.0294. The average Bonchev–Trinajstić information content (AvgIpc) is 3.57. The van der Waals surface area contributed by atoms with Gasteiger partial charge in [0.05, 0.1) is 18.2 Å². The number of nitrogens with two attached hydrogens (primary N) is 3. The number of para-hydroxylation sites is 1. The molecule has 3 aromatic carbocycles. The molecule has 4 rings (SSSR count). The number of esters is 2. The number of rotatable bonds is 17.